The Morgan fingerprint density at radius 2 is 2.03 bits per heavy atom. The van der Waals surface area contributed by atoms with Crippen LogP contribution in [0.5, 0.6) is 0 Å². The summed E-state index contributed by atoms with van der Waals surface area (Å²) in [6, 6.07) is 12.1. The van der Waals surface area contributed by atoms with Gasteiger partial charge in [-0.2, -0.15) is 0 Å². The molecule has 0 saturated carbocycles. The van der Waals surface area contributed by atoms with E-state index in [0.717, 1.165) is 10.8 Å². The second-order valence-electron chi connectivity index (χ2n) is 9.55. The first-order valence-electron chi connectivity index (χ1n) is 11.6. The van der Waals surface area contributed by atoms with E-state index >= 15 is 0 Å². The number of aliphatic hydroxyl groups is 1. The number of carbonyl (C=O) groups is 3. The number of halogens is 1. The van der Waals surface area contributed by atoms with Gasteiger partial charge in [0.1, 0.15) is 6.04 Å². The van der Waals surface area contributed by atoms with Crippen LogP contribution in [0.25, 0.3) is 10.8 Å². The van der Waals surface area contributed by atoms with Crippen LogP contribution in [-0.4, -0.2) is 73.0 Å². The van der Waals surface area contributed by atoms with E-state index in [0.29, 0.717) is 12.1 Å². The molecule has 0 radical (unpaired) electrons. The highest BCUT2D eigenvalue weighted by atomic mass is 79.9. The average molecular weight is 559 g/mol. The number of thioether (sulfide) groups is 1. The predicted octanol–water partition coefficient (Wildman–Crippen LogP) is 3.29. The molecule has 5 rings (SSSR count). The van der Waals surface area contributed by atoms with Gasteiger partial charge >= 0.3 is 5.97 Å². The van der Waals surface area contributed by atoms with Crippen molar-refractivity contribution in [3.8, 4) is 0 Å². The third kappa shape index (κ3) is 3.54. The number of anilines is 1. The molecule has 3 aliphatic heterocycles. The first-order valence-corrected chi connectivity index (χ1v) is 13.4. The van der Waals surface area contributed by atoms with Crippen molar-refractivity contribution < 1.29 is 24.6 Å². The fourth-order valence-corrected chi connectivity index (χ4v) is 9.72. The fraction of sp³-hybridized carbons (Fsp3) is 0.423. The number of alkyl halides is 1. The molecule has 1 spiro atoms. The molecule has 184 valence electrons. The Labute approximate surface area is 216 Å². The standard InChI is InChI=1S/C26H27BrN2O5S/c1-3-10-28(17-9-8-15-6-4-5-7-16(15)11-17)24(32)22-26-12-18(27)21(35-26)19(25(33)34)20(26)23(31)29(22)14(2)13-30/h3-9,11,14,18-22,30H,1,10,12-13H2,2H3,(H,33,34)/t14-,18?,19+,20+,21+,22?,26?/m1/s1. The Bertz CT molecular complexity index is 1220. The highest BCUT2D eigenvalue weighted by Crippen LogP contribution is 2.68. The minimum atomic E-state index is -1.02. The van der Waals surface area contributed by atoms with Gasteiger partial charge in [0.15, 0.2) is 0 Å². The largest absolute Gasteiger partial charge is 0.481 e. The molecular formula is C26H27BrN2O5S. The van der Waals surface area contributed by atoms with Crippen LogP contribution in [0, 0.1) is 11.8 Å². The van der Waals surface area contributed by atoms with E-state index in [2.05, 4.69) is 22.5 Å². The van der Waals surface area contributed by atoms with Gasteiger partial charge in [-0.1, -0.05) is 52.3 Å². The molecule has 2 bridgehead atoms. The number of rotatable bonds is 7. The molecule has 0 aliphatic carbocycles. The number of fused-ring (bicyclic) bond motifs is 2. The molecule has 0 aromatic heterocycles. The maximum atomic E-state index is 14.4. The van der Waals surface area contributed by atoms with Gasteiger partial charge in [0.2, 0.25) is 5.91 Å². The van der Waals surface area contributed by atoms with Crippen LogP contribution in [0.1, 0.15) is 13.3 Å². The summed E-state index contributed by atoms with van der Waals surface area (Å²) in [5.41, 5.74) is 0.681. The molecule has 3 heterocycles. The number of nitrogens with zero attached hydrogens (tertiary/aromatic N) is 2. The molecule has 2 N–H and O–H groups in total. The van der Waals surface area contributed by atoms with Crippen molar-refractivity contribution in [1.29, 1.82) is 0 Å². The lowest BCUT2D eigenvalue weighted by molar-refractivity contribution is -0.149. The van der Waals surface area contributed by atoms with Crippen LogP contribution >= 0.6 is 27.7 Å². The zero-order chi connectivity index (χ0) is 25.1. The van der Waals surface area contributed by atoms with Crippen LogP contribution in [0.3, 0.4) is 0 Å². The molecule has 35 heavy (non-hydrogen) atoms. The van der Waals surface area contributed by atoms with Gasteiger partial charge in [-0.25, -0.2) is 0 Å². The van der Waals surface area contributed by atoms with Crippen LogP contribution in [0.2, 0.25) is 0 Å². The number of carboxylic acids is 1. The van der Waals surface area contributed by atoms with Crippen molar-refractivity contribution in [2.45, 2.75) is 40.3 Å². The molecule has 3 unspecified atom stereocenters. The molecule has 3 saturated heterocycles. The molecule has 2 aromatic carbocycles. The highest BCUT2D eigenvalue weighted by Gasteiger charge is 2.76. The number of amides is 2. The Balaban J connectivity index is 1.62. The molecule has 2 aromatic rings. The van der Waals surface area contributed by atoms with Gasteiger partial charge < -0.3 is 20.0 Å². The fourth-order valence-electron chi connectivity index (χ4n) is 6.14. The SMILES string of the molecule is C=CCN(C(=O)C1N([C@H](C)CO)C(=O)[C@@H]2[C@H](C(=O)O)[C@H]3SC12CC3Br)c1ccc2ccccc2c1. The van der Waals surface area contributed by atoms with E-state index in [1.807, 2.05) is 42.5 Å². The van der Waals surface area contributed by atoms with Crippen molar-refractivity contribution in [1.82, 2.24) is 4.90 Å². The number of aliphatic hydroxyl groups excluding tert-OH is 1. The molecule has 3 aliphatic rings. The van der Waals surface area contributed by atoms with Gasteiger partial charge in [0.05, 0.1) is 29.2 Å². The summed E-state index contributed by atoms with van der Waals surface area (Å²) in [5, 5.41) is 21.7. The number of carbonyl (C=O) groups excluding carboxylic acids is 2. The summed E-state index contributed by atoms with van der Waals surface area (Å²) in [6.45, 7) is 5.45. The Morgan fingerprint density at radius 3 is 2.69 bits per heavy atom. The topological polar surface area (TPSA) is 98.2 Å². The van der Waals surface area contributed by atoms with E-state index < -0.39 is 34.6 Å². The quantitative estimate of drug-likeness (QED) is 0.399. The van der Waals surface area contributed by atoms with Gasteiger partial charge in [-0.15, -0.1) is 18.3 Å². The lowest BCUT2D eigenvalue weighted by Gasteiger charge is -2.39. The molecule has 2 amide bonds. The number of hydrogen-bond acceptors (Lipinski definition) is 5. The number of benzene rings is 2. The van der Waals surface area contributed by atoms with E-state index in [1.165, 1.54) is 16.7 Å². The predicted molar refractivity (Wildman–Crippen MR) is 140 cm³/mol. The first kappa shape index (κ1) is 24.3. The zero-order valence-electron chi connectivity index (χ0n) is 19.2. The summed E-state index contributed by atoms with van der Waals surface area (Å²) in [6.07, 6.45) is 2.15. The van der Waals surface area contributed by atoms with E-state index in [4.69, 9.17) is 0 Å². The van der Waals surface area contributed by atoms with Crippen LogP contribution in [0.4, 0.5) is 5.69 Å². The number of carboxylic acid groups (broad SMARTS) is 1. The van der Waals surface area contributed by atoms with Crippen molar-refractivity contribution in [3.05, 3.63) is 55.1 Å². The second kappa shape index (κ2) is 8.94. The number of aliphatic carboxylic acids is 1. The summed E-state index contributed by atoms with van der Waals surface area (Å²) in [7, 11) is 0. The summed E-state index contributed by atoms with van der Waals surface area (Å²) in [5.74, 6) is -3.35. The smallest absolute Gasteiger partial charge is 0.308 e. The monoisotopic (exact) mass is 558 g/mol. The number of likely N-dealkylation sites (tertiary alicyclic amines) is 1. The minimum absolute atomic E-state index is 0.120. The zero-order valence-corrected chi connectivity index (χ0v) is 21.6. The third-order valence-electron chi connectivity index (χ3n) is 7.61. The van der Waals surface area contributed by atoms with Crippen molar-refractivity contribution in [2.24, 2.45) is 11.8 Å². The molecule has 9 heteroatoms. The molecule has 3 fully saturated rings. The van der Waals surface area contributed by atoms with Gasteiger partial charge in [-0.05, 0) is 36.2 Å². The molecule has 7 nitrogen and oxygen atoms in total. The van der Waals surface area contributed by atoms with E-state index in [-0.39, 0.29) is 35.0 Å². The summed E-state index contributed by atoms with van der Waals surface area (Å²) >= 11 is 5.10. The average Bonchev–Trinajstić information content (AvgIpc) is 3.44. The lowest BCUT2D eigenvalue weighted by atomic mass is 9.71. The molecular weight excluding hydrogens is 532 g/mol. The van der Waals surface area contributed by atoms with E-state index in [1.54, 1.807) is 17.9 Å². The third-order valence-corrected chi connectivity index (χ3v) is 10.8. The van der Waals surface area contributed by atoms with Crippen molar-refractivity contribution >= 4 is 61.9 Å². The van der Waals surface area contributed by atoms with Crippen molar-refractivity contribution in [3.63, 3.8) is 0 Å². The van der Waals surface area contributed by atoms with Crippen LogP contribution in [-0.2, 0) is 14.4 Å². The Kier molecular flexibility index (Phi) is 6.22. The summed E-state index contributed by atoms with van der Waals surface area (Å²) < 4.78 is -0.879. The Hall–Kier alpha value is -2.36. The maximum Gasteiger partial charge on any atom is 0.308 e. The maximum absolute atomic E-state index is 14.4. The van der Waals surface area contributed by atoms with E-state index in [9.17, 15) is 24.6 Å². The minimum Gasteiger partial charge on any atom is -0.481 e. The van der Waals surface area contributed by atoms with Crippen molar-refractivity contribution in [2.75, 3.05) is 18.1 Å². The van der Waals surface area contributed by atoms with Gasteiger partial charge in [0.25, 0.3) is 5.91 Å². The number of hydrogen-bond donors (Lipinski definition) is 2. The highest BCUT2D eigenvalue weighted by molar-refractivity contribution is 9.09. The second-order valence-corrected chi connectivity index (χ2v) is 12.3. The first-order chi connectivity index (χ1) is 16.7. The lowest BCUT2D eigenvalue weighted by Crippen LogP contribution is -2.57. The van der Waals surface area contributed by atoms with Crippen LogP contribution in [0.15, 0.2) is 55.1 Å². The van der Waals surface area contributed by atoms with Gasteiger partial charge in [0, 0.05) is 22.3 Å². The van der Waals surface area contributed by atoms with Crippen LogP contribution < -0.4 is 4.90 Å². The summed E-state index contributed by atoms with van der Waals surface area (Å²) in [4.78, 5) is 43.3. The normalized spacial score (nSPS) is 32.0. The Morgan fingerprint density at radius 1 is 1.31 bits per heavy atom. The van der Waals surface area contributed by atoms with Gasteiger partial charge in [-0.3, -0.25) is 14.4 Å². The molecule has 7 atom stereocenters.